The van der Waals surface area contributed by atoms with Crippen LogP contribution < -0.4 is 16.2 Å². The van der Waals surface area contributed by atoms with E-state index in [2.05, 4.69) is 21.6 Å². The maximum Gasteiger partial charge on any atom is 0.142 e. The molecule has 0 radical (unpaired) electrons. The molecule has 0 aliphatic rings. The van der Waals surface area contributed by atoms with Gasteiger partial charge in [-0.3, -0.25) is 0 Å². The first-order valence-corrected chi connectivity index (χ1v) is 5.81. The number of pyridine rings is 1. The Kier molecular flexibility index (Phi) is 4.55. The van der Waals surface area contributed by atoms with E-state index in [4.69, 9.17) is 5.84 Å². The molecule has 0 spiro atoms. The van der Waals surface area contributed by atoms with E-state index in [-0.39, 0.29) is 0 Å². The van der Waals surface area contributed by atoms with Crippen molar-refractivity contribution in [3.8, 4) is 0 Å². The minimum Gasteiger partial charge on any atom is -0.359 e. The van der Waals surface area contributed by atoms with E-state index in [0.29, 0.717) is 5.82 Å². The van der Waals surface area contributed by atoms with Crippen molar-refractivity contribution in [3.63, 3.8) is 0 Å². The Morgan fingerprint density at radius 2 is 2.36 bits per heavy atom. The fraction of sp³-hybridized carbons (Fsp3) is 0.444. The van der Waals surface area contributed by atoms with Crippen LogP contribution in [0.1, 0.15) is 0 Å². The quantitative estimate of drug-likeness (QED) is 0.567. The molecule has 5 heteroatoms. The highest BCUT2D eigenvalue weighted by Crippen LogP contribution is 2.12. The molecule has 78 valence electrons. The second-order valence-electron chi connectivity index (χ2n) is 2.94. The molecular weight excluding hydrogens is 196 g/mol. The third kappa shape index (κ3) is 3.08. The van der Waals surface area contributed by atoms with Crippen LogP contribution in [-0.2, 0) is 0 Å². The molecule has 0 atom stereocenters. The lowest BCUT2D eigenvalue weighted by atomic mass is 10.4. The normalized spacial score (nSPS) is 9.93. The number of rotatable bonds is 5. The summed E-state index contributed by atoms with van der Waals surface area (Å²) in [4.78, 5) is 6.43. The van der Waals surface area contributed by atoms with Gasteiger partial charge in [0, 0.05) is 19.3 Å². The van der Waals surface area contributed by atoms with E-state index >= 15 is 0 Å². The summed E-state index contributed by atoms with van der Waals surface area (Å²) in [6.07, 6.45) is 2.10. The molecule has 0 unspecified atom stereocenters. The number of anilines is 2. The van der Waals surface area contributed by atoms with Crippen LogP contribution in [0.3, 0.4) is 0 Å². The fourth-order valence-electron chi connectivity index (χ4n) is 1.06. The molecule has 1 rings (SSSR count). The van der Waals surface area contributed by atoms with Crippen molar-refractivity contribution in [1.29, 1.82) is 0 Å². The van der Waals surface area contributed by atoms with Gasteiger partial charge in [0.15, 0.2) is 0 Å². The lowest BCUT2D eigenvalue weighted by Gasteiger charge is -2.17. The largest absolute Gasteiger partial charge is 0.359 e. The first-order valence-electron chi connectivity index (χ1n) is 4.41. The number of aromatic nitrogens is 1. The van der Waals surface area contributed by atoms with Gasteiger partial charge in [-0.15, -0.1) is 0 Å². The van der Waals surface area contributed by atoms with Gasteiger partial charge in [0.2, 0.25) is 0 Å². The van der Waals surface area contributed by atoms with Crippen LogP contribution in [0.15, 0.2) is 18.2 Å². The highest BCUT2D eigenvalue weighted by molar-refractivity contribution is 7.98. The molecule has 0 saturated carbocycles. The number of hydrogen-bond acceptors (Lipinski definition) is 5. The van der Waals surface area contributed by atoms with Crippen LogP contribution in [0.4, 0.5) is 11.6 Å². The van der Waals surface area contributed by atoms with Gasteiger partial charge in [0.25, 0.3) is 0 Å². The van der Waals surface area contributed by atoms with Gasteiger partial charge in [-0.2, -0.15) is 11.8 Å². The zero-order valence-electron chi connectivity index (χ0n) is 8.53. The Balaban J connectivity index is 2.64. The zero-order chi connectivity index (χ0) is 10.4. The Labute approximate surface area is 88.9 Å². The van der Waals surface area contributed by atoms with Crippen LogP contribution in [0.5, 0.6) is 0 Å². The molecule has 0 aliphatic heterocycles. The van der Waals surface area contributed by atoms with Gasteiger partial charge in [0.1, 0.15) is 11.6 Å². The molecule has 14 heavy (non-hydrogen) atoms. The number of hydrazine groups is 1. The molecule has 1 aromatic rings. The van der Waals surface area contributed by atoms with E-state index in [9.17, 15) is 0 Å². The van der Waals surface area contributed by atoms with Crippen LogP contribution in [0.2, 0.25) is 0 Å². The Morgan fingerprint density at radius 1 is 1.57 bits per heavy atom. The summed E-state index contributed by atoms with van der Waals surface area (Å²) in [7, 11) is 2.03. The highest BCUT2D eigenvalue weighted by Gasteiger charge is 2.01. The van der Waals surface area contributed by atoms with E-state index in [0.717, 1.165) is 18.1 Å². The average Bonchev–Trinajstić information content (AvgIpc) is 2.26. The zero-order valence-corrected chi connectivity index (χ0v) is 9.34. The number of thioether (sulfide) groups is 1. The maximum atomic E-state index is 5.28. The summed E-state index contributed by atoms with van der Waals surface area (Å²) >= 11 is 1.82. The van der Waals surface area contributed by atoms with Crippen molar-refractivity contribution < 1.29 is 0 Å². The summed E-state index contributed by atoms with van der Waals surface area (Å²) < 4.78 is 0. The summed E-state index contributed by atoms with van der Waals surface area (Å²) in [5, 5.41) is 0. The van der Waals surface area contributed by atoms with Gasteiger partial charge in [-0.25, -0.2) is 10.8 Å². The van der Waals surface area contributed by atoms with Gasteiger partial charge in [0.05, 0.1) is 0 Å². The number of nitrogens with one attached hydrogen (secondary N) is 1. The first kappa shape index (κ1) is 11.1. The summed E-state index contributed by atoms with van der Waals surface area (Å²) in [6, 6.07) is 5.75. The molecular formula is C9H16N4S. The molecule has 1 heterocycles. The first-order chi connectivity index (χ1) is 6.77. The minimum absolute atomic E-state index is 0.693. The van der Waals surface area contributed by atoms with E-state index in [1.807, 2.05) is 37.0 Å². The molecule has 4 nitrogen and oxygen atoms in total. The van der Waals surface area contributed by atoms with Crippen molar-refractivity contribution in [1.82, 2.24) is 4.98 Å². The number of nitrogens with two attached hydrogens (primary N) is 1. The molecule has 0 aromatic carbocycles. The maximum absolute atomic E-state index is 5.28. The van der Waals surface area contributed by atoms with Gasteiger partial charge in [-0.1, -0.05) is 6.07 Å². The lowest BCUT2D eigenvalue weighted by Crippen LogP contribution is -2.22. The van der Waals surface area contributed by atoms with Crippen molar-refractivity contribution in [2.45, 2.75) is 0 Å². The van der Waals surface area contributed by atoms with E-state index in [1.165, 1.54) is 0 Å². The summed E-state index contributed by atoms with van der Waals surface area (Å²) in [6.45, 7) is 0.988. The monoisotopic (exact) mass is 212 g/mol. The van der Waals surface area contributed by atoms with Crippen molar-refractivity contribution in [2.75, 3.05) is 35.9 Å². The molecule has 0 fully saturated rings. The van der Waals surface area contributed by atoms with Gasteiger partial charge < -0.3 is 10.3 Å². The van der Waals surface area contributed by atoms with Gasteiger partial charge in [-0.05, 0) is 18.4 Å². The van der Waals surface area contributed by atoms with E-state index in [1.54, 1.807) is 0 Å². The molecule has 1 aromatic heterocycles. The average molecular weight is 212 g/mol. The third-order valence-electron chi connectivity index (χ3n) is 1.90. The van der Waals surface area contributed by atoms with Crippen molar-refractivity contribution in [3.05, 3.63) is 18.2 Å². The Hall–Kier alpha value is -0.940. The van der Waals surface area contributed by atoms with Gasteiger partial charge >= 0.3 is 0 Å². The highest BCUT2D eigenvalue weighted by atomic mass is 32.2. The molecule has 3 N–H and O–H groups in total. The number of hydrogen-bond donors (Lipinski definition) is 2. The minimum atomic E-state index is 0.693. The van der Waals surface area contributed by atoms with Crippen molar-refractivity contribution >= 4 is 23.4 Å². The predicted molar refractivity (Wildman–Crippen MR) is 63.7 cm³/mol. The lowest BCUT2D eigenvalue weighted by molar-refractivity contribution is 0.946. The van der Waals surface area contributed by atoms with Crippen LogP contribution in [0, 0.1) is 0 Å². The van der Waals surface area contributed by atoms with E-state index < -0.39 is 0 Å². The summed E-state index contributed by atoms with van der Waals surface area (Å²) in [5.41, 5.74) is 2.54. The summed E-state index contributed by atoms with van der Waals surface area (Å²) in [5.74, 6) is 8.01. The molecule has 0 aliphatic carbocycles. The van der Waals surface area contributed by atoms with Crippen LogP contribution in [0.25, 0.3) is 0 Å². The number of nitrogens with zero attached hydrogens (tertiary/aromatic N) is 2. The second kappa shape index (κ2) is 5.72. The molecule has 0 saturated heterocycles. The Morgan fingerprint density at radius 3 is 3.00 bits per heavy atom. The third-order valence-corrected chi connectivity index (χ3v) is 2.50. The van der Waals surface area contributed by atoms with Crippen LogP contribution in [-0.4, -0.2) is 30.6 Å². The Bertz CT molecular complexity index is 279. The standard InChI is InChI=1S/C9H16N4S/c1-13(6-7-14-2)9-5-3-4-8(11-9)12-10/h3-5H,6-7,10H2,1-2H3,(H,11,12). The number of nitrogen functional groups attached to an aromatic ring is 1. The smallest absolute Gasteiger partial charge is 0.142 e. The second-order valence-corrected chi connectivity index (χ2v) is 3.93. The molecule has 0 amide bonds. The molecule has 0 bridgehead atoms. The SMILES string of the molecule is CSCCN(C)c1cccc(NN)n1. The fourth-order valence-corrected chi connectivity index (χ4v) is 1.52. The topological polar surface area (TPSA) is 54.2 Å². The van der Waals surface area contributed by atoms with Crippen molar-refractivity contribution in [2.24, 2.45) is 5.84 Å². The van der Waals surface area contributed by atoms with Crippen LogP contribution >= 0.6 is 11.8 Å². The predicted octanol–water partition coefficient (Wildman–Crippen LogP) is 1.17.